The van der Waals surface area contributed by atoms with Crippen LogP contribution in [0.3, 0.4) is 0 Å². The van der Waals surface area contributed by atoms with Crippen molar-refractivity contribution in [3.63, 3.8) is 0 Å². The molecule has 0 spiro atoms. The summed E-state index contributed by atoms with van der Waals surface area (Å²) in [6.07, 6.45) is 1.46. The molecule has 0 aliphatic heterocycles. The Labute approximate surface area is 142 Å². The van der Waals surface area contributed by atoms with Crippen molar-refractivity contribution < 1.29 is 4.92 Å². The Hall–Kier alpha value is -2.93. The Kier molecular flexibility index (Phi) is 4.43. The van der Waals surface area contributed by atoms with Crippen molar-refractivity contribution in [2.24, 2.45) is 0 Å². The second kappa shape index (κ2) is 6.67. The van der Waals surface area contributed by atoms with Gasteiger partial charge in [-0.15, -0.1) is 0 Å². The molecule has 0 radical (unpaired) electrons. The van der Waals surface area contributed by atoms with E-state index in [0.29, 0.717) is 23.1 Å². The molecule has 3 aromatic rings. The Balaban J connectivity index is 1.79. The van der Waals surface area contributed by atoms with Crippen LogP contribution in [0.5, 0.6) is 0 Å². The summed E-state index contributed by atoms with van der Waals surface area (Å²) in [5.74, 6) is 0.696. The molecule has 3 rings (SSSR count). The van der Waals surface area contributed by atoms with Gasteiger partial charge in [0.25, 0.3) is 5.69 Å². The normalized spacial score (nSPS) is 10.6. The van der Waals surface area contributed by atoms with Gasteiger partial charge in [-0.25, -0.2) is 4.98 Å². The number of nitro benzene ring substituents is 1. The summed E-state index contributed by atoms with van der Waals surface area (Å²) < 4.78 is 0. The van der Waals surface area contributed by atoms with Crippen LogP contribution in [0.2, 0.25) is 5.02 Å². The van der Waals surface area contributed by atoms with Crippen LogP contribution in [0, 0.1) is 17.0 Å². The molecule has 1 aromatic heterocycles. The van der Waals surface area contributed by atoms with E-state index in [2.05, 4.69) is 20.5 Å². The van der Waals surface area contributed by atoms with Crippen molar-refractivity contribution in [3.8, 4) is 11.4 Å². The van der Waals surface area contributed by atoms with E-state index in [4.69, 9.17) is 11.6 Å². The van der Waals surface area contributed by atoms with Gasteiger partial charge in [0, 0.05) is 24.2 Å². The van der Waals surface area contributed by atoms with E-state index in [1.807, 2.05) is 24.3 Å². The zero-order chi connectivity index (χ0) is 17.1. The molecule has 0 saturated carbocycles. The fraction of sp³-hybridized carbons (Fsp3) is 0.125. The molecule has 8 heteroatoms. The summed E-state index contributed by atoms with van der Waals surface area (Å²) in [4.78, 5) is 14.5. The predicted octanol–water partition coefficient (Wildman–Crippen LogP) is 3.95. The number of rotatable bonds is 5. The summed E-state index contributed by atoms with van der Waals surface area (Å²) in [5, 5.41) is 21.1. The van der Waals surface area contributed by atoms with Gasteiger partial charge >= 0.3 is 0 Å². The molecule has 0 bridgehead atoms. The number of nitrogens with zero attached hydrogens (tertiary/aromatic N) is 3. The van der Waals surface area contributed by atoms with Crippen LogP contribution in [0.25, 0.3) is 11.4 Å². The number of aryl methyl sites for hydroxylation is 1. The monoisotopic (exact) mass is 343 g/mol. The molecule has 122 valence electrons. The lowest BCUT2D eigenvalue weighted by Crippen LogP contribution is -2.03. The molecule has 2 aromatic carbocycles. The van der Waals surface area contributed by atoms with Crippen LogP contribution in [0.1, 0.15) is 11.1 Å². The standard InChI is InChI=1S/C16H14ClN5O2/c1-10-5-13(22(23)24)7-14(17)15(10)18-8-11-3-2-4-12(6-11)16-19-9-20-21-16/h2-7,9,18H,8H2,1H3,(H,19,20,21). The SMILES string of the molecule is Cc1cc([N+](=O)[O-])cc(Cl)c1NCc1cccc(-c2ncn[nH]2)c1. The molecule has 24 heavy (non-hydrogen) atoms. The Morgan fingerprint density at radius 3 is 2.83 bits per heavy atom. The number of aromatic amines is 1. The van der Waals surface area contributed by atoms with Gasteiger partial charge in [0.1, 0.15) is 6.33 Å². The second-order valence-corrected chi connectivity index (χ2v) is 5.67. The quantitative estimate of drug-likeness (QED) is 0.540. The van der Waals surface area contributed by atoms with Gasteiger partial charge in [-0.1, -0.05) is 29.8 Å². The first-order valence-corrected chi connectivity index (χ1v) is 7.55. The lowest BCUT2D eigenvalue weighted by Gasteiger charge is -2.12. The van der Waals surface area contributed by atoms with Crippen LogP contribution < -0.4 is 5.32 Å². The van der Waals surface area contributed by atoms with Crippen molar-refractivity contribution >= 4 is 23.0 Å². The van der Waals surface area contributed by atoms with E-state index in [1.54, 1.807) is 6.92 Å². The average molecular weight is 344 g/mol. The van der Waals surface area contributed by atoms with Gasteiger partial charge in [0.05, 0.1) is 15.6 Å². The van der Waals surface area contributed by atoms with Crippen molar-refractivity contribution in [3.05, 3.63) is 69.0 Å². The minimum Gasteiger partial charge on any atom is -0.380 e. The number of nitro groups is 1. The third-order valence-corrected chi connectivity index (χ3v) is 3.87. The first-order chi connectivity index (χ1) is 11.5. The lowest BCUT2D eigenvalue weighted by atomic mass is 10.1. The molecule has 7 nitrogen and oxygen atoms in total. The molecular weight excluding hydrogens is 330 g/mol. The number of anilines is 1. The predicted molar refractivity (Wildman–Crippen MR) is 92.0 cm³/mol. The molecule has 0 aliphatic carbocycles. The average Bonchev–Trinajstić information content (AvgIpc) is 3.08. The molecule has 0 unspecified atom stereocenters. The zero-order valence-corrected chi connectivity index (χ0v) is 13.5. The highest BCUT2D eigenvalue weighted by Gasteiger charge is 2.13. The van der Waals surface area contributed by atoms with Gasteiger partial charge in [-0.05, 0) is 24.1 Å². The first kappa shape index (κ1) is 15.9. The molecule has 0 fully saturated rings. The maximum absolute atomic E-state index is 10.9. The second-order valence-electron chi connectivity index (χ2n) is 5.26. The van der Waals surface area contributed by atoms with Crippen LogP contribution in [-0.4, -0.2) is 20.1 Å². The minimum atomic E-state index is -0.455. The van der Waals surface area contributed by atoms with E-state index >= 15 is 0 Å². The Morgan fingerprint density at radius 1 is 1.33 bits per heavy atom. The van der Waals surface area contributed by atoms with E-state index in [0.717, 1.165) is 16.7 Å². The van der Waals surface area contributed by atoms with Crippen LogP contribution in [0.4, 0.5) is 11.4 Å². The molecule has 0 atom stereocenters. The van der Waals surface area contributed by atoms with E-state index in [9.17, 15) is 10.1 Å². The first-order valence-electron chi connectivity index (χ1n) is 7.17. The molecule has 1 heterocycles. The van der Waals surface area contributed by atoms with E-state index < -0.39 is 4.92 Å². The topological polar surface area (TPSA) is 96.7 Å². The van der Waals surface area contributed by atoms with E-state index in [-0.39, 0.29) is 5.69 Å². The summed E-state index contributed by atoms with van der Waals surface area (Å²) >= 11 is 6.17. The summed E-state index contributed by atoms with van der Waals surface area (Å²) in [5.41, 5.74) is 3.35. The third kappa shape index (κ3) is 3.36. The molecule has 0 amide bonds. The van der Waals surface area contributed by atoms with Crippen molar-refractivity contribution in [2.75, 3.05) is 5.32 Å². The van der Waals surface area contributed by atoms with Crippen LogP contribution in [0.15, 0.2) is 42.7 Å². The number of hydrogen-bond acceptors (Lipinski definition) is 5. The Morgan fingerprint density at radius 2 is 2.17 bits per heavy atom. The molecule has 0 aliphatic rings. The smallest absolute Gasteiger partial charge is 0.271 e. The van der Waals surface area contributed by atoms with E-state index in [1.165, 1.54) is 18.5 Å². The summed E-state index contributed by atoms with van der Waals surface area (Å²) in [7, 11) is 0. The number of H-pyrrole nitrogens is 1. The summed E-state index contributed by atoms with van der Waals surface area (Å²) in [6, 6.07) is 10.7. The maximum Gasteiger partial charge on any atom is 0.271 e. The van der Waals surface area contributed by atoms with Crippen molar-refractivity contribution in [1.29, 1.82) is 0 Å². The fourth-order valence-electron chi connectivity index (χ4n) is 2.42. The highest BCUT2D eigenvalue weighted by molar-refractivity contribution is 6.33. The largest absolute Gasteiger partial charge is 0.380 e. The lowest BCUT2D eigenvalue weighted by molar-refractivity contribution is -0.384. The third-order valence-electron chi connectivity index (χ3n) is 3.57. The molecule has 0 saturated heterocycles. The number of non-ortho nitro benzene ring substituents is 1. The van der Waals surface area contributed by atoms with Gasteiger partial charge < -0.3 is 5.32 Å². The number of halogens is 1. The number of aromatic nitrogens is 3. The van der Waals surface area contributed by atoms with Gasteiger partial charge in [-0.2, -0.15) is 5.10 Å². The van der Waals surface area contributed by atoms with Gasteiger partial charge in [0.2, 0.25) is 0 Å². The van der Waals surface area contributed by atoms with Gasteiger partial charge in [-0.3, -0.25) is 15.2 Å². The number of benzene rings is 2. The van der Waals surface area contributed by atoms with Crippen LogP contribution >= 0.6 is 11.6 Å². The number of nitrogens with one attached hydrogen (secondary N) is 2. The Bertz CT molecular complexity index is 857. The maximum atomic E-state index is 10.9. The minimum absolute atomic E-state index is 0.0182. The zero-order valence-electron chi connectivity index (χ0n) is 12.8. The fourth-order valence-corrected chi connectivity index (χ4v) is 2.75. The van der Waals surface area contributed by atoms with Crippen LogP contribution in [-0.2, 0) is 6.54 Å². The van der Waals surface area contributed by atoms with Crippen molar-refractivity contribution in [2.45, 2.75) is 13.5 Å². The number of hydrogen-bond donors (Lipinski definition) is 2. The molecular formula is C16H14ClN5O2. The highest BCUT2D eigenvalue weighted by Crippen LogP contribution is 2.31. The highest BCUT2D eigenvalue weighted by atomic mass is 35.5. The van der Waals surface area contributed by atoms with Crippen molar-refractivity contribution in [1.82, 2.24) is 15.2 Å². The summed E-state index contributed by atoms with van der Waals surface area (Å²) in [6.45, 7) is 2.31. The molecule has 2 N–H and O–H groups in total. The van der Waals surface area contributed by atoms with Gasteiger partial charge in [0.15, 0.2) is 5.82 Å².